The zero-order chi connectivity index (χ0) is 23.1. The van der Waals surface area contributed by atoms with Gasteiger partial charge in [-0.3, -0.25) is 19.4 Å². The maximum Gasteiger partial charge on any atom is 0.292 e. The Hall–Kier alpha value is -3.62. The maximum atomic E-state index is 12.8. The molecule has 172 valence electrons. The molecule has 3 aromatic carbocycles. The quantitative estimate of drug-likeness (QED) is 0.127. The van der Waals surface area contributed by atoms with Crippen LogP contribution in [0.5, 0.6) is 0 Å². The molecule has 0 aliphatic heterocycles. The molecular formula is C23H23Cl2N5O3. The Kier molecular flexibility index (Phi) is 9.20. The van der Waals surface area contributed by atoms with E-state index in [1.807, 2.05) is 30.3 Å². The standard InChI is InChI=1S/C23H22ClN5O3.ClH/c24-17-8-9-19(18(13-17)20(30)22(32)27-10-3-11-28-23(25)26)29-21(31)16-7-6-14-4-1-2-5-15(14)12-16;/h1-2,4-9,12-13H,3,10-11H2,(H,27,32)(H,29,31)(H4,25,26,28);1H. The van der Waals surface area contributed by atoms with E-state index in [1.165, 1.54) is 18.2 Å². The Balaban J connectivity index is 0.00000385. The minimum Gasteiger partial charge on any atom is -0.370 e. The summed E-state index contributed by atoms with van der Waals surface area (Å²) in [6, 6.07) is 17.3. The molecular weight excluding hydrogens is 465 g/mol. The molecule has 8 nitrogen and oxygen atoms in total. The van der Waals surface area contributed by atoms with Gasteiger partial charge in [0.2, 0.25) is 0 Å². The number of nitrogens with zero attached hydrogens (tertiary/aromatic N) is 1. The largest absolute Gasteiger partial charge is 0.370 e. The van der Waals surface area contributed by atoms with E-state index < -0.39 is 17.6 Å². The fourth-order valence-corrected chi connectivity index (χ4v) is 3.20. The van der Waals surface area contributed by atoms with Crippen LogP contribution in [0.15, 0.2) is 65.7 Å². The molecule has 0 saturated heterocycles. The first-order valence-corrected chi connectivity index (χ1v) is 10.2. The predicted molar refractivity (Wildman–Crippen MR) is 133 cm³/mol. The van der Waals surface area contributed by atoms with Gasteiger partial charge in [0.25, 0.3) is 17.6 Å². The van der Waals surface area contributed by atoms with Crippen molar-refractivity contribution in [2.45, 2.75) is 6.42 Å². The van der Waals surface area contributed by atoms with E-state index in [0.29, 0.717) is 18.5 Å². The molecule has 0 aromatic heterocycles. The lowest BCUT2D eigenvalue weighted by atomic mass is 10.1. The van der Waals surface area contributed by atoms with Crippen LogP contribution in [0.2, 0.25) is 5.02 Å². The van der Waals surface area contributed by atoms with Crippen molar-refractivity contribution in [1.82, 2.24) is 5.32 Å². The SMILES string of the molecule is Cl.NC(N)=NCCCNC(=O)C(=O)c1cc(Cl)ccc1NC(=O)c1ccc2ccccc2c1. The van der Waals surface area contributed by atoms with Gasteiger partial charge in [-0.1, -0.05) is 41.9 Å². The summed E-state index contributed by atoms with van der Waals surface area (Å²) >= 11 is 6.02. The fourth-order valence-electron chi connectivity index (χ4n) is 3.03. The van der Waals surface area contributed by atoms with E-state index in [2.05, 4.69) is 15.6 Å². The minimum atomic E-state index is -0.821. The lowest BCUT2D eigenvalue weighted by molar-refractivity contribution is -0.117. The van der Waals surface area contributed by atoms with Crippen molar-refractivity contribution in [3.63, 3.8) is 0 Å². The van der Waals surface area contributed by atoms with Gasteiger partial charge in [0.05, 0.1) is 11.3 Å². The van der Waals surface area contributed by atoms with E-state index in [4.69, 9.17) is 23.1 Å². The van der Waals surface area contributed by atoms with Gasteiger partial charge in [-0.05, 0) is 47.5 Å². The second kappa shape index (κ2) is 11.8. The molecule has 0 aliphatic rings. The summed E-state index contributed by atoms with van der Waals surface area (Å²) in [7, 11) is 0. The zero-order valence-electron chi connectivity index (χ0n) is 17.5. The number of carbonyl (C=O) groups is 3. The number of hydrogen-bond acceptors (Lipinski definition) is 4. The summed E-state index contributed by atoms with van der Waals surface area (Å²) in [6.07, 6.45) is 0.456. The van der Waals surface area contributed by atoms with Gasteiger partial charge in [0.1, 0.15) is 0 Å². The molecule has 0 heterocycles. The van der Waals surface area contributed by atoms with Gasteiger partial charge in [-0.2, -0.15) is 0 Å². The number of amides is 2. The first-order valence-electron chi connectivity index (χ1n) is 9.83. The number of fused-ring (bicyclic) bond motifs is 1. The predicted octanol–water partition coefficient (Wildman–Crippen LogP) is 3.13. The molecule has 0 fully saturated rings. The Morgan fingerprint density at radius 2 is 1.67 bits per heavy atom. The van der Waals surface area contributed by atoms with Gasteiger partial charge < -0.3 is 22.1 Å². The van der Waals surface area contributed by atoms with Crippen LogP contribution >= 0.6 is 24.0 Å². The number of hydrogen-bond donors (Lipinski definition) is 4. The molecule has 33 heavy (non-hydrogen) atoms. The van der Waals surface area contributed by atoms with Crippen LogP contribution in [0.1, 0.15) is 27.1 Å². The number of rotatable bonds is 8. The summed E-state index contributed by atoms with van der Waals surface area (Å²) in [5.74, 6) is -2.09. The Bertz CT molecular complexity index is 1210. The molecule has 10 heteroatoms. The average molecular weight is 488 g/mol. The third kappa shape index (κ3) is 6.93. The number of carbonyl (C=O) groups excluding carboxylic acids is 3. The van der Waals surface area contributed by atoms with Crippen LogP contribution < -0.4 is 22.1 Å². The smallest absolute Gasteiger partial charge is 0.292 e. The van der Waals surface area contributed by atoms with Crippen molar-refractivity contribution in [3.05, 3.63) is 76.8 Å². The highest BCUT2D eigenvalue weighted by atomic mass is 35.5. The van der Waals surface area contributed by atoms with Crippen LogP contribution in [0.4, 0.5) is 5.69 Å². The summed E-state index contributed by atoms with van der Waals surface area (Å²) < 4.78 is 0. The second-order valence-electron chi connectivity index (χ2n) is 6.95. The van der Waals surface area contributed by atoms with E-state index in [0.717, 1.165) is 10.8 Å². The van der Waals surface area contributed by atoms with E-state index >= 15 is 0 Å². The Labute approximate surface area is 201 Å². The van der Waals surface area contributed by atoms with Gasteiger partial charge in [-0.25, -0.2) is 0 Å². The monoisotopic (exact) mass is 487 g/mol. The van der Waals surface area contributed by atoms with Gasteiger partial charge >= 0.3 is 0 Å². The van der Waals surface area contributed by atoms with Crippen molar-refractivity contribution >= 4 is 64.0 Å². The number of Topliss-reactive ketones (excluding diaryl/α,β-unsaturated/α-hetero) is 1. The highest BCUT2D eigenvalue weighted by molar-refractivity contribution is 6.44. The van der Waals surface area contributed by atoms with Crippen molar-refractivity contribution in [1.29, 1.82) is 0 Å². The number of halogens is 2. The third-order valence-corrected chi connectivity index (χ3v) is 4.84. The van der Waals surface area contributed by atoms with Crippen LogP contribution in [0, 0.1) is 0 Å². The number of guanidine groups is 1. The van der Waals surface area contributed by atoms with Crippen LogP contribution in [-0.2, 0) is 4.79 Å². The first kappa shape index (κ1) is 25.6. The molecule has 3 rings (SSSR count). The van der Waals surface area contributed by atoms with Crippen molar-refractivity contribution in [3.8, 4) is 0 Å². The minimum absolute atomic E-state index is 0. The number of benzene rings is 3. The van der Waals surface area contributed by atoms with Crippen LogP contribution in [-0.4, -0.2) is 36.6 Å². The maximum absolute atomic E-state index is 12.8. The normalized spacial score (nSPS) is 10.1. The highest BCUT2D eigenvalue weighted by Gasteiger charge is 2.21. The second-order valence-corrected chi connectivity index (χ2v) is 7.39. The van der Waals surface area contributed by atoms with Crippen molar-refractivity contribution in [2.75, 3.05) is 18.4 Å². The lowest BCUT2D eigenvalue weighted by Gasteiger charge is -2.12. The van der Waals surface area contributed by atoms with E-state index in [-0.39, 0.29) is 41.2 Å². The fraction of sp³-hybridized carbons (Fsp3) is 0.130. The molecule has 0 aliphatic carbocycles. The molecule has 0 radical (unpaired) electrons. The summed E-state index contributed by atoms with van der Waals surface area (Å²) in [6.45, 7) is 0.529. The molecule has 0 atom stereocenters. The van der Waals surface area contributed by atoms with Crippen LogP contribution in [0.3, 0.4) is 0 Å². The molecule has 0 spiro atoms. The Morgan fingerprint density at radius 3 is 2.39 bits per heavy atom. The third-order valence-electron chi connectivity index (χ3n) is 4.61. The zero-order valence-corrected chi connectivity index (χ0v) is 19.1. The molecule has 0 bridgehead atoms. The number of aliphatic imine (C=N–C) groups is 1. The summed E-state index contributed by atoms with van der Waals surface area (Å²) in [5, 5.41) is 7.38. The molecule has 2 amide bonds. The van der Waals surface area contributed by atoms with E-state index in [1.54, 1.807) is 12.1 Å². The number of anilines is 1. The summed E-state index contributed by atoms with van der Waals surface area (Å²) in [4.78, 5) is 41.6. The molecule has 3 aromatic rings. The van der Waals surface area contributed by atoms with Crippen molar-refractivity contribution in [2.24, 2.45) is 16.5 Å². The van der Waals surface area contributed by atoms with Gasteiger partial charge in [0, 0.05) is 23.7 Å². The topological polar surface area (TPSA) is 140 Å². The lowest BCUT2D eigenvalue weighted by Crippen LogP contribution is -2.33. The van der Waals surface area contributed by atoms with Crippen LogP contribution in [0.25, 0.3) is 10.8 Å². The first-order chi connectivity index (χ1) is 15.3. The van der Waals surface area contributed by atoms with E-state index in [9.17, 15) is 14.4 Å². The number of nitrogens with one attached hydrogen (secondary N) is 2. The number of ketones is 1. The van der Waals surface area contributed by atoms with Gasteiger partial charge in [0.15, 0.2) is 5.96 Å². The van der Waals surface area contributed by atoms with Crippen molar-refractivity contribution < 1.29 is 14.4 Å². The van der Waals surface area contributed by atoms with Gasteiger partial charge in [-0.15, -0.1) is 12.4 Å². The summed E-state index contributed by atoms with van der Waals surface area (Å²) in [5.41, 5.74) is 11.1. The number of nitrogens with two attached hydrogens (primary N) is 2. The average Bonchev–Trinajstić information content (AvgIpc) is 2.78. The molecule has 6 N–H and O–H groups in total. The highest BCUT2D eigenvalue weighted by Crippen LogP contribution is 2.23. The molecule has 0 saturated carbocycles. The molecule has 0 unspecified atom stereocenters. The Morgan fingerprint density at radius 1 is 0.939 bits per heavy atom.